The lowest BCUT2D eigenvalue weighted by Crippen LogP contribution is -2.25. The number of nitrogens with zero attached hydrogens (tertiary/aromatic N) is 2. The number of hydrogen-bond acceptors (Lipinski definition) is 5. The molecule has 3 aromatic rings. The van der Waals surface area contributed by atoms with E-state index in [0.29, 0.717) is 5.69 Å². The van der Waals surface area contributed by atoms with Gasteiger partial charge in [-0.1, -0.05) is 30.3 Å². The Labute approximate surface area is 158 Å². The van der Waals surface area contributed by atoms with Crippen LogP contribution in [0.15, 0.2) is 76.4 Å². The number of benzene rings is 2. The maximum absolute atomic E-state index is 12.9. The van der Waals surface area contributed by atoms with E-state index in [-0.39, 0.29) is 11.4 Å². The Bertz CT molecular complexity index is 1180. The molecule has 1 N–H and O–H groups in total. The van der Waals surface area contributed by atoms with Gasteiger partial charge in [-0.15, -0.1) is 0 Å². The Kier molecular flexibility index (Phi) is 5.32. The highest BCUT2D eigenvalue weighted by Gasteiger charge is 2.29. The van der Waals surface area contributed by atoms with Gasteiger partial charge >= 0.3 is 5.76 Å². The van der Waals surface area contributed by atoms with E-state index in [0.717, 1.165) is 22.9 Å². The Morgan fingerprint density at radius 1 is 0.964 bits per heavy atom. The third-order valence-electron chi connectivity index (χ3n) is 3.71. The van der Waals surface area contributed by atoms with Crippen LogP contribution in [0.3, 0.4) is 0 Å². The minimum Gasteiger partial charge on any atom is -0.319 e. The van der Waals surface area contributed by atoms with Crippen molar-refractivity contribution in [2.75, 3.05) is 5.32 Å². The zero-order valence-electron chi connectivity index (χ0n) is 14.1. The van der Waals surface area contributed by atoms with Crippen molar-refractivity contribution in [1.82, 2.24) is 9.78 Å². The quantitative estimate of drug-likeness (QED) is 0.703. The number of carbonyl (C=O) groups excluding carboxylic acids is 1. The molecule has 1 heterocycles. The summed E-state index contributed by atoms with van der Waals surface area (Å²) in [7, 11) is -4.92. The van der Waals surface area contributed by atoms with Gasteiger partial charge in [0.05, 0.1) is 16.3 Å². The number of hydrogen-bond donors (Lipinski definition) is 1. The normalized spacial score (nSPS) is 11.4. The van der Waals surface area contributed by atoms with E-state index < -0.39 is 32.0 Å². The molecule has 0 fully saturated rings. The van der Waals surface area contributed by atoms with Gasteiger partial charge in [-0.3, -0.25) is 9.59 Å². The zero-order chi connectivity index (χ0) is 20.3. The van der Waals surface area contributed by atoms with Crippen molar-refractivity contribution >= 4 is 21.4 Å². The Morgan fingerprint density at radius 2 is 1.61 bits per heavy atom. The summed E-state index contributed by atoms with van der Waals surface area (Å²) >= 11 is 0. The third-order valence-corrected chi connectivity index (χ3v) is 5.15. The molecule has 0 aliphatic carbocycles. The maximum Gasteiger partial charge on any atom is 0.341 e. The number of nitrogens with one attached hydrogen (secondary N) is 1. The standard InChI is InChI=1S/C18H13F2N3O4S/c19-18(20)28(26,27)15-9-5-4-8-13(15)21-17(25)14-10-11-16(24)23(22-14)12-6-2-1-3-7-12/h1-11,18H,(H,21,25). The summed E-state index contributed by atoms with van der Waals surface area (Å²) in [6, 6.07) is 15.4. The molecule has 0 spiro atoms. The SMILES string of the molecule is O=C(Nc1ccccc1S(=O)(=O)C(F)F)c1ccc(=O)n(-c2ccccc2)n1. The highest BCUT2D eigenvalue weighted by atomic mass is 32.2. The van der Waals surface area contributed by atoms with Crippen molar-refractivity contribution < 1.29 is 22.0 Å². The monoisotopic (exact) mass is 405 g/mol. The lowest BCUT2D eigenvalue weighted by atomic mass is 10.3. The molecule has 0 saturated carbocycles. The highest BCUT2D eigenvalue weighted by molar-refractivity contribution is 7.91. The number of halogens is 2. The fraction of sp³-hybridized carbons (Fsp3) is 0.0556. The number of anilines is 1. The lowest BCUT2D eigenvalue weighted by Gasteiger charge is -2.11. The molecule has 1 amide bonds. The molecule has 7 nitrogen and oxygen atoms in total. The number of carbonyl (C=O) groups is 1. The van der Waals surface area contributed by atoms with E-state index in [1.807, 2.05) is 0 Å². The van der Waals surface area contributed by atoms with Gasteiger partial charge in [0.15, 0.2) is 0 Å². The Balaban J connectivity index is 1.97. The average molecular weight is 405 g/mol. The van der Waals surface area contributed by atoms with Crippen LogP contribution < -0.4 is 10.9 Å². The molecule has 0 aliphatic rings. The smallest absolute Gasteiger partial charge is 0.319 e. The molecular formula is C18H13F2N3O4S. The number of aromatic nitrogens is 2. The molecule has 0 atom stereocenters. The topological polar surface area (TPSA) is 98.1 Å². The first kappa shape index (κ1) is 19.4. The van der Waals surface area contributed by atoms with Gasteiger partial charge in [-0.05, 0) is 30.3 Å². The minimum atomic E-state index is -4.92. The van der Waals surface area contributed by atoms with Crippen LogP contribution in [0.5, 0.6) is 0 Å². The fourth-order valence-electron chi connectivity index (χ4n) is 2.39. The van der Waals surface area contributed by atoms with Crippen molar-refractivity contribution in [3.63, 3.8) is 0 Å². The number of para-hydroxylation sites is 2. The molecule has 2 aromatic carbocycles. The number of amides is 1. The Hall–Kier alpha value is -3.40. The average Bonchev–Trinajstić information content (AvgIpc) is 2.69. The first-order chi connectivity index (χ1) is 13.3. The second-order valence-corrected chi connectivity index (χ2v) is 7.45. The second kappa shape index (κ2) is 7.69. The third kappa shape index (κ3) is 3.81. The predicted molar refractivity (Wildman–Crippen MR) is 97.4 cm³/mol. The van der Waals surface area contributed by atoms with E-state index in [9.17, 15) is 26.8 Å². The summed E-state index contributed by atoms with van der Waals surface area (Å²) in [5.74, 6) is -4.50. The lowest BCUT2D eigenvalue weighted by molar-refractivity contribution is 0.102. The summed E-state index contributed by atoms with van der Waals surface area (Å²) in [5.41, 5.74) is -0.578. The molecule has 144 valence electrons. The van der Waals surface area contributed by atoms with Gasteiger partial charge in [0.1, 0.15) is 5.69 Å². The van der Waals surface area contributed by atoms with Gasteiger partial charge in [0.25, 0.3) is 11.5 Å². The largest absolute Gasteiger partial charge is 0.341 e. The molecule has 0 bridgehead atoms. The molecule has 0 radical (unpaired) electrons. The molecule has 0 unspecified atom stereocenters. The summed E-state index contributed by atoms with van der Waals surface area (Å²) in [6.07, 6.45) is 0. The van der Waals surface area contributed by atoms with Crippen LogP contribution in [0.25, 0.3) is 5.69 Å². The summed E-state index contributed by atoms with van der Waals surface area (Å²) in [5, 5.41) is 6.22. The van der Waals surface area contributed by atoms with Crippen molar-refractivity contribution in [3.05, 3.63) is 82.8 Å². The van der Waals surface area contributed by atoms with Crippen LogP contribution in [0, 0.1) is 0 Å². The first-order valence-corrected chi connectivity index (χ1v) is 9.43. The molecule has 0 aliphatic heterocycles. The van der Waals surface area contributed by atoms with Crippen LogP contribution in [0.4, 0.5) is 14.5 Å². The second-order valence-electron chi connectivity index (χ2n) is 5.56. The van der Waals surface area contributed by atoms with Gasteiger partial charge in [0.2, 0.25) is 9.84 Å². The molecule has 1 aromatic heterocycles. The van der Waals surface area contributed by atoms with E-state index in [1.54, 1.807) is 30.3 Å². The molecule has 28 heavy (non-hydrogen) atoms. The predicted octanol–water partition coefficient (Wildman–Crippen LogP) is 2.48. The maximum atomic E-state index is 12.9. The zero-order valence-corrected chi connectivity index (χ0v) is 14.9. The number of rotatable bonds is 5. The van der Waals surface area contributed by atoms with Crippen molar-refractivity contribution in [2.45, 2.75) is 10.7 Å². The summed E-state index contributed by atoms with van der Waals surface area (Å²) in [6.45, 7) is 0. The fourth-order valence-corrected chi connectivity index (χ4v) is 3.27. The van der Waals surface area contributed by atoms with Gasteiger partial charge in [-0.25, -0.2) is 8.42 Å². The molecule has 0 saturated heterocycles. The van der Waals surface area contributed by atoms with Crippen molar-refractivity contribution in [1.29, 1.82) is 0 Å². The molecule has 3 rings (SSSR count). The van der Waals surface area contributed by atoms with Crippen LogP contribution in [-0.2, 0) is 9.84 Å². The summed E-state index contributed by atoms with van der Waals surface area (Å²) < 4.78 is 50.3. The van der Waals surface area contributed by atoms with Crippen LogP contribution in [-0.4, -0.2) is 29.9 Å². The van der Waals surface area contributed by atoms with Crippen LogP contribution >= 0.6 is 0 Å². The van der Waals surface area contributed by atoms with Crippen molar-refractivity contribution in [3.8, 4) is 5.69 Å². The number of alkyl halides is 2. The van der Waals surface area contributed by atoms with Crippen molar-refractivity contribution in [2.24, 2.45) is 0 Å². The van der Waals surface area contributed by atoms with E-state index in [1.165, 1.54) is 18.2 Å². The highest BCUT2D eigenvalue weighted by Crippen LogP contribution is 2.26. The molecular weight excluding hydrogens is 392 g/mol. The van der Waals surface area contributed by atoms with Crippen LogP contribution in [0.1, 0.15) is 10.5 Å². The van der Waals surface area contributed by atoms with Gasteiger partial charge in [0, 0.05) is 6.07 Å². The molecule has 10 heteroatoms. The van der Waals surface area contributed by atoms with E-state index in [2.05, 4.69) is 10.4 Å². The first-order valence-electron chi connectivity index (χ1n) is 7.89. The minimum absolute atomic E-state index is 0.201. The van der Waals surface area contributed by atoms with E-state index >= 15 is 0 Å². The Morgan fingerprint density at radius 3 is 2.29 bits per heavy atom. The van der Waals surface area contributed by atoms with Gasteiger partial charge < -0.3 is 5.32 Å². The van der Waals surface area contributed by atoms with Crippen LogP contribution in [0.2, 0.25) is 0 Å². The van der Waals surface area contributed by atoms with Gasteiger partial charge in [-0.2, -0.15) is 18.6 Å². The van der Waals surface area contributed by atoms with E-state index in [4.69, 9.17) is 0 Å². The number of sulfone groups is 1. The summed E-state index contributed by atoms with van der Waals surface area (Å²) in [4.78, 5) is 23.8.